The third-order valence-electron chi connectivity index (χ3n) is 13.8. The van der Waals surface area contributed by atoms with Crippen LogP contribution in [0.15, 0.2) is 231 Å². The molecule has 4 heteroatoms. The molecule has 0 atom stereocenters. The van der Waals surface area contributed by atoms with E-state index in [1.807, 2.05) is 6.07 Å². The highest BCUT2D eigenvalue weighted by atomic mass is 16.6. The molecule has 1 aliphatic heterocycles. The normalized spacial score (nSPS) is 13.3. The highest BCUT2D eigenvalue weighted by molar-refractivity contribution is 6.11. The standard InChI is InChI=1S/C61H38N2O2/c1-3-16-39(17-4-1)40-18-15-21-42(36-40)62(43-30-33-55-49(37-43)47-24-10-14-29-54(47)63(55)41-19-5-2-6-20-41)44-31-34-56-58(38-44)65-60-57(64-56)35-32-53-59(60)48-25-9-13-28-52(48)61(53)50-26-11-7-22-45(50)46-23-8-12-27-51(46)61/h1-38H. The predicted octanol–water partition coefficient (Wildman–Crippen LogP) is 16.2. The van der Waals surface area contributed by atoms with Crippen molar-refractivity contribution in [2.75, 3.05) is 4.90 Å². The Kier molecular flexibility index (Phi) is 7.57. The molecule has 0 bridgehead atoms. The largest absolute Gasteiger partial charge is 0.449 e. The van der Waals surface area contributed by atoms with Gasteiger partial charge in [0, 0.05) is 39.5 Å². The summed E-state index contributed by atoms with van der Waals surface area (Å²) in [5.41, 5.74) is 18.1. The van der Waals surface area contributed by atoms with Gasteiger partial charge >= 0.3 is 0 Å². The number of benzene rings is 10. The van der Waals surface area contributed by atoms with Gasteiger partial charge in [0.2, 0.25) is 0 Å². The van der Waals surface area contributed by atoms with E-state index in [4.69, 9.17) is 9.47 Å². The van der Waals surface area contributed by atoms with Crippen LogP contribution in [0.25, 0.3) is 60.9 Å². The van der Waals surface area contributed by atoms with Crippen molar-refractivity contribution in [3.05, 3.63) is 253 Å². The van der Waals surface area contributed by atoms with Crippen LogP contribution in [0.1, 0.15) is 22.3 Å². The molecule has 14 rings (SSSR count). The van der Waals surface area contributed by atoms with E-state index in [-0.39, 0.29) is 0 Å². The fraction of sp³-hybridized carbons (Fsp3) is 0.0164. The Morgan fingerprint density at radius 1 is 0.354 bits per heavy atom. The molecule has 65 heavy (non-hydrogen) atoms. The molecular formula is C61H38N2O2. The first-order valence-electron chi connectivity index (χ1n) is 22.2. The van der Waals surface area contributed by atoms with Crippen LogP contribution in [0.5, 0.6) is 23.0 Å². The zero-order chi connectivity index (χ0) is 42.6. The second kappa shape index (κ2) is 13.7. The molecule has 0 saturated carbocycles. The van der Waals surface area contributed by atoms with Gasteiger partial charge in [-0.1, -0.05) is 158 Å². The average Bonchev–Trinajstić information content (AvgIpc) is 3.98. The maximum atomic E-state index is 7.24. The summed E-state index contributed by atoms with van der Waals surface area (Å²) in [4.78, 5) is 2.34. The molecule has 1 spiro atoms. The van der Waals surface area contributed by atoms with Gasteiger partial charge in [0.25, 0.3) is 0 Å². The molecule has 4 nitrogen and oxygen atoms in total. The average molecular weight is 831 g/mol. The Bertz CT molecular complexity index is 3690. The second-order valence-corrected chi connectivity index (χ2v) is 17.2. The zero-order valence-corrected chi connectivity index (χ0v) is 35.2. The Hall–Kier alpha value is -8.60. The van der Waals surface area contributed by atoms with Crippen molar-refractivity contribution in [3.8, 4) is 62.1 Å². The van der Waals surface area contributed by atoms with E-state index in [0.29, 0.717) is 17.2 Å². The maximum Gasteiger partial charge on any atom is 0.178 e. The van der Waals surface area contributed by atoms with E-state index in [1.165, 1.54) is 49.7 Å². The summed E-state index contributed by atoms with van der Waals surface area (Å²) in [6.07, 6.45) is 0. The van der Waals surface area contributed by atoms with E-state index in [0.717, 1.165) is 56.3 Å². The molecule has 2 aliphatic carbocycles. The summed E-state index contributed by atoms with van der Waals surface area (Å²) in [6.45, 7) is 0. The minimum Gasteiger partial charge on any atom is -0.449 e. The van der Waals surface area contributed by atoms with E-state index in [9.17, 15) is 0 Å². The number of aromatic nitrogens is 1. The van der Waals surface area contributed by atoms with Gasteiger partial charge in [-0.05, 0) is 117 Å². The summed E-state index contributed by atoms with van der Waals surface area (Å²) in [5.74, 6) is 2.80. The summed E-state index contributed by atoms with van der Waals surface area (Å²) in [7, 11) is 0. The Balaban J connectivity index is 0.948. The molecule has 0 N–H and O–H groups in total. The topological polar surface area (TPSA) is 26.6 Å². The summed E-state index contributed by atoms with van der Waals surface area (Å²) >= 11 is 0. The first kappa shape index (κ1) is 35.9. The lowest BCUT2D eigenvalue weighted by Gasteiger charge is -2.31. The molecule has 0 radical (unpaired) electrons. The number of nitrogens with zero attached hydrogens (tertiary/aromatic N) is 2. The highest BCUT2D eigenvalue weighted by Gasteiger charge is 2.53. The summed E-state index contributed by atoms with van der Waals surface area (Å²) in [5, 5.41) is 2.38. The van der Waals surface area contributed by atoms with Crippen molar-refractivity contribution < 1.29 is 9.47 Å². The van der Waals surface area contributed by atoms with Crippen molar-refractivity contribution in [1.82, 2.24) is 4.57 Å². The molecule has 2 heterocycles. The van der Waals surface area contributed by atoms with Crippen molar-refractivity contribution in [2.24, 2.45) is 0 Å². The minimum atomic E-state index is -0.484. The Morgan fingerprint density at radius 3 is 1.72 bits per heavy atom. The summed E-state index contributed by atoms with van der Waals surface area (Å²) in [6, 6.07) is 82.8. The van der Waals surface area contributed by atoms with Crippen LogP contribution in [-0.2, 0) is 5.41 Å². The van der Waals surface area contributed by atoms with Gasteiger partial charge in [-0.2, -0.15) is 0 Å². The first-order chi connectivity index (χ1) is 32.2. The third kappa shape index (κ3) is 5.08. The number of anilines is 3. The molecule has 3 aliphatic rings. The molecule has 304 valence electrons. The number of hydrogen-bond acceptors (Lipinski definition) is 3. The monoisotopic (exact) mass is 830 g/mol. The van der Waals surface area contributed by atoms with E-state index in [2.05, 4.69) is 234 Å². The quantitative estimate of drug-likeness (QED) is 0.173. The van der Waals surface area contributed by atoms with Crippen LogP contribution in [-0.4, -0.2) is 4.57 Å². The van der Waals surface area contributed by atoms with Crippen molar-refractivity contribution in [2.45, 2.75) is 5.41 Å². The molecule has 11 aromatic rings. The molecule has 0 fully saturated rings. The number of fused-ring (bicyclic) bond motifs is 16. The van der Waals surface area contributed by atoms with Gasteiger partial charge < -0.3 is 18.9 Å². The smallest absolute Gasteiger partial charge is 0.178 e. The predicted molar refractivity (Wildman–Crippen MR) is 264 cm³/mol. The fourth-order valence-electron chi connectivity index (χ4n) is 11.2. The fourth-order valence-corrected chi connectivity index (χ4v) is 11.2. The molecular weight excluding hydrogens is 793 g/mol. The number of para-hydroxylation sites is 2. The molecule has 10 aromatic carbocycles. The maximum absolute atomic E-state index is 7.24. The highest BCUT2D eigenvalue weighted by Crippen LogP contribution is 2.66. The van der Waals surface area contributed by atoms with Crippen LogP contribution < -0.4 is 14.4 Å². The second-order valence-electron chi connectivity index (χ2n) is 17.2. The van der Waals surface area contributed by atoms with Crippen LogP contribution in [0.4, 0.5) is 17.1 Å². The molecule has 1 aromatic heterocycles. The number of hydrogen-bond donors (Lipinski definition) is 0. The number of rotatable bonds is 5. The van der Waals surface area contributed by atoms with Crippen molar-refractivity contribution >= 4 is 38.9 Å². The van der Waals surface area contributed by atoms with Gasteiger partial charge in [-0.15, -0.1) is 0 Å². The van der Waals surface area contributed by atoms with Crippen LogP contribution in [0.2, 0.25) is 0 Å². The minimum absolute atomic E-state index is 0.484. The number of ether oxygens (including phenoxy) is 2. The Labute approximate surface area is 376 Å². The zero-order valence-electron chi connectivity index (χ0n) is 35.2. The lowest BCUT2D eigenvalue weighted by molar-refractivity contribution is 0.360. The first-order valence-corrected chi connectivity index (χ1v) is 22.2. The van der Waals surface area contributed by atoms with Gasteiger partial charge in [0.15, 0.2) is 23.0 Å². The van der Waals surface area contributed by atoms with E-state index < -0.39 is 5.41 Å². The van der Waals surface area contributed by atoms with Crippen molar-refractivity contribution in [1.29, 1.82) is 0 Å². The Morgan fingerprint density at radius 2 is 0.938 bits per heavy atom. The third-order valence-corrected chi connectivity index (χ3v) is 13.8. The lowest BCUT2D eigenvalue weighted by atomic mass is 9.70. The molecule has 0 amide bonds. The van der Waals surface area contributed by atoms with Crippen LogP contribution in [0.3, 0.4) is 0 Å². The molecule has 0 unspecified atom stereocenters. The van der Waals surface area contributed by atoms with E-state index >= 15 is 0 Å². The van der Waals surface area contributed by atoms with Gasteiger partial charge in [0.1, 0.15) is 0 Å². The SMILES string of the molecule is c1ccc(-c2cccc(N(c3ccc4c(c3)Oc3c(ccc5c3-c3ccccc3C53c5ccccc5-c5ccccc53)O4)c3ccc4c(c3)c3ccccc3n4-c3ccccc3)c2)cc1. The molecule has 0 saturated heterocycles. The van der Waals surface area contributed by atoms with E-state index in [1.54, 1.807) is 0 Å². The van der Waals surface area contributed by atoms with Crippen molar-refractivity contribution in [3.63, 3.8) is 0 Å². The van der Waals surface area contributed by atoms with Gasteiger partial charge in [-0.3, -0.25) is 0 Å². The van der Waals surface area contributed by atoms with Gasteiger partial charge in [0.05, 0.1) is 22.1 Å². The lowest BCUT2D eigenvalue weighted by Crippen LogP contribution is -2.25. The van der Waals surface area contributed by atoms with Crippen LogP contribution in [0, 0.1) is 0 Å². The summed E-state index contributed by atoms with van der Waals surface area (Å²) < 4.78 is 16.4. The van der Waals surface area contributed by atoms with Gasteiger partial charge in [-0.25, -0.2) is 0 Å². The van der Waals surface area contributed by atoms with Crippen LogP contribution >= 0.6 is 0 Å².